The topological polar surface area (TPSA) is 44.9 Å². The van der Waals surface area contributed by atoms with Crippen LogP contribution in [0.5, 0.6) is 0 Å². The second-order valence-corrected chi connectivity index (χ2v) is 5.55. The Morgan fingerprint density at radius 2 is 1.95 bits per heavy atom. The Kier molecular flexibility index (Phi) is 3.86. The Morgan fingerprint density at radius 1 is 1.14 bits per heavy atom. The molecular weight excluding hydrogens is 307 g/mol. The maximum absolute atomic E-state index is 12.1. The van der Waals surface area contributed by atoms with Crippen LogP contribution >= 0.6 is 23.2 Å². The molecule has 3 rings (SSSR count). The molecule has 0 atom stereocenters. The van der Waals surface area contributed by atoms with Gasteiger partial charge in [0.15, 0.2) is 0 Å². The Bertz CT molecular complexity index is 811. The Hall–Kier alpha value is -1.97. The molecule has 2 aromatic carbocycles. The molecule has 0 aliphatic carbocycles. The average molecular weight is 319 g/mol. The van der Waals surface area contributed by atoms with Crippen LogP contribution in [-0.2, 0) is 11.2 Å². The first-order valence-electron chi connectivity index (χ1n) is 6.43. The Balaban J connectivity index is 1.77. The van der Waals surface area contributed by atoms with Gasteiger partial charge in [-0.3, -0.25) is 4.79 Å². The molecule has 2 N–H and O–H groups in total. The summed E-state index contributed by atoms with van der Waals surface area (Å²) < 4.78 is 0. The summed E-state index contributed by atoms with van der Waals surface area (Å²) in [4.78, 5) is 15.3. The molecule has 3 aromatic rings. The number of para-hydroxylation sites is 1. The van der Waals surface area contributed by atoms with Gasteiger partial charge in [-0.25, -0.2) is 0 Å². The molecular formula is C16H12Cl2N2O. The number of amides is 1. The summed E-state index contributed by atoms with van der Waals surface area (Å²) in [6.45, 7) is 0. The fourth-order valence-electron chi connectivity index (χ4n) is 2.24. The van der Waals surface area contributed by atoms with Crippen molar-refractivity contribution in [2.75, 3.05) is 5.32 Å². The van der Waals surface area contributed by atoms with E-state index in [1.807, 2.05) is 30.5 Å². The number of anilines is 1. The van der Waals surface area contributed by atoms with E-state index in [9.17, 15) is 4.79 Å². The minimum atomic E-state index is -0.121. The Labute approximate surface area is 131 Å². The van der Waals surface area contributed by atoms with Crippen LogP contribution in [0.4, 0.5) is 5.69 Å². The van der Waals surface area contributed by atoms with Crippen LogP contribution in [0.2, 0.25) is 10.0 Å². The molecule has 0 saturated heterocycles. The summed E-state index contributed by atoms with van der Waals surface area (Å²) in [5.41, 5.74) is 2.53. The number of fused-ring (bicyclic) bond motifs is 1. The molecule has 0 unspecified atom stereocenters. The first kappa shape index (κ1) is 14.0. The first-order chi connectivity index (χ1) is 10.1. The number of H-pyrrole nitrogens is 1. The van der Waals surface area contributed by atoms with Crippen molar-refractivity contribution in [3.63, 3.8) is 0 Å². The van der Waals surface area contributed by atoms with Crippen molar-refractivity contribution in [2.24, 2.45) is 0 Å². The predicted octanol–water partition coefficient (Wildman–Crippen LogP) is 4.66. The van der Waals surface area contributed by atoms with Crippen LogP contribution in [0.15, 0.2) is 48.7 Å². The minimum Gasteiger partial charge on any atom is -0.361 e. The normalized spacial score (nSPS) is 10.8. The number of carbonyl (C=O) groups excluding carboxylic acids is 1. The van der Waals surface area contributed by atoms with Gasteiger partial charge in [0.2, 0.25) is 5.91 Å². The van der Waals surface area contributed by atoms with E-state index in [1.54, 1.807) is 18.2 Å². The zero-order valence-corrected chi connectivity index (χ0v) is 12.5. The molecule has 0 aliphatic rings. The van der Waals surface area contributed by atoms with E-state index < -0.39 is 0 Å². The van der Waals surface area contributed by atoms with E-state index >= 15 is 0 Å². The fraction of sp³-hybridized carbons (Fsp3) is 0.0625. The first-order valence-corrected chi connectivity index (χ1v) is 7.19. The number of aromatic amines is 1. The van der Waals surface area contributed by atoms with Gasteiger partial charge in [0.1, 0.15) is 0 Å². The number of hydrogen-bond acceptors (Lipinski definition) is 1. The van der Waals surface area contributed by atoms with Crippen LogP contribution in [-0.4, -0.2) is 10.9 Å². The van der Waals surface area contributed by atoms with E-state index in [1.165, 1.54) is 0 Å². The summed E-state index contributed by atoms with van der Waals surface area (Å²) in [6.07, 6.45) is 2.14. The summed E-state index contributed by atoms with van der Waals surface area (Å²) in [5.74, 6) is -0.121. The molecule has 1 amide bonds. The zero-order valence-electron chi connectivity index (χ0n) is 11.0. The summed E-state index contributed by atoms with van der Waals surface area (Å²) in [5, 5.41) is 4.81. The van der Waals surface area contributed by atoms with Crippen LogP contribution in [0.3, 0.4) is 0 Å². The van der Waals surface area contributed by atoms with Crippen LogP contribution in [0, 0.1) is 0 Å². The number of rotatable bonds is 3. The van der Waals surface area contributed by atoms with E-state index in [-0.39, 0.29) is 12.3 Å². The minimum absolute atomic E-state index is 0.121. The van der Waals surface area contributed by atoms with Crippen molar-refractivity contribution >= 4 is 45.7 Å². The van der Waals surface area contributed by atoms with E-state index in [0.29, 0.717) is 15.7 Å². The smallest absolute Gasteiger partial charge is 0.228 e. The van der Waals surface area contributed by atoms with Crippen molar-refractivity contribution in [3.05, 3.63) is 64.3 Å². The molecule has 1 aromatic heterocycles. The standard InChI is InChI=1S/C16H12Cl2N2O/c17-11-5-6-15(13(18)8-11)20-16(21)7-10-9-19-14-4-2-1-3-12(10)14/h1-6,8-9,19H,7H2,(H,20,21). The Morgan fingerprint density at radius 3 is 2.76 bits per heavy atom. The number of carbonyl (C=O) groups is 1. The summed E-state index contributed by atoms with van der Waals surface area (Å²) in [6, 6.07) is 12.9. The van der Waals surface area contributed by atoms with Crippen molar-refractivity contribution in [3.8, 4) is 0 Å². The molecule has 0 radical (unpaired) electrons. The molecule has 1 heterocycles. The average Bonchev–Trinajstić information content (AvgIpc) is 2.85. The van der Waals surface area contributed by atoms with Gasteiger partial charge in [0.25, 0.3) is 0 Å². The lowest BCUT2D eigenvalue weighted by Crippen LogP contribution is -2.14. The molecule has 106 valence electrons. The quantitative estimate of drug-likeness (QED) is 0.725. The number of aromatic nitrogens is 1. The van der Waals surface area contributed by atoms with Gasteiger partial charge in [0.05, 0.1) is 17.1 Å². The number of nitrogens with one attached hydrogen (secondary N) is 2. The van der Waals surface area contributed by atoms with Gasteiger partial charge < -0.3 is 10.3 Å². The van der Waals surface area contributed by atoms with Crippen LogP contribution in [0.25, 0.3) is 10.9 Å². The van der Waals surface area contributed by atoms with Crippen molar-refractivity contribution in [2.45, 2.75) is 6.42 Å². The summed E-state index contributed by atoms with van der Waals surface area (Å²) >= 11 is 11.9. The number of halogens is 2. The van der Waals surface area contributed by atoms with Gasteiger partial charge in [-0.1, -0.05) is 41.4 Å². The highest BCUT2D eigenvalue weighted by Crippen LogP contribution is 2.26. The molecule has 0 spiro atoms. The van der Waals surface area contributed by atoms with Gasteiger partial charge in [-0.15, -0.1) is 0 Å². The van der Waals surface area contributed by atoms with Crippen LogP contribution < -0.4 is 5.32 Å². The summed E-state index contributed by atoms with van der Waals surface area (Å²) in [7, 11) is 0. The second-order valence-electron chi connectivity index (χ2n) is 4.71. The van der Waals surface area contributed by atoms with E-state index in [2.05, 4.69) is 10.3 Å². The maximum Gasteiger partial charge on any atom is 0.228 e. The third-order valence-corrected chi connectivity index (χ3v) is 3.78. The number of benzene rings is 2. The monoisotopic (exact) mass is 318 g/mol. The van der Waals surface area contributed by atoms with Gasteiger partial charge in [-0.2, -0.15) is 0 Å². The van der Waals surface area contributed by atoms with Gasteiger partial charge >= 0.3 is 0 Å². The highest BCUT2D eigenvalue weighted by Gasteiger charge is 2.10. The molecule has 0 aliphatic heterocycles. The molecule has 0 bridgehead atoms. The van der Waals surface area contributed by atoms with Gasteiger partial charge in [-0.05, 0) is 29.8 Å². The lowest BCUT2D eigenvalue weighted by atomic mass is 10.1. The van der Waals surface area contributed by atoms with Crippen molar-refractivity contribution in [1.82, 2.24) is 4.98 Å². The lowest BCUT2D eigenvalue weighted by Gasteiger charge is -2.07. The lowest BCUT2D eigenvalue weighted by molar-refractivity contribution is -0.115. The maximum atomic E-state index is 12.1. The van der Waals surface area contributed by atoms with Gasteiger partial charge in [0, 0.05) is 22.1 Å². The molecule has 3 nitrogen and oxygen atoms in total. The number of hydrogen-bond donors (Lipinski definition) is 2. The largest absolute Gasteiger partial charge is 0.361 e. The highest BCUT2D eigenvalue weighted by molar-refractivity contribution is 6.36. The SMILES string of the molecule is O=C(Cc1c[nH]c2ccccc12)Nc1ccc(Cl)cc1Cl. The third-order valence-electron chi connectivity index (χ3n) is 3.23. The third kappa shape index (κ3) is 3.04. The predicted molar refractivity (Wildman–Crippen MR) is 87.1 cm³/mol. The highest BCUT2D eigenvalue weighted by atomic mass is 35.5. The fourth-order valence-corrected chi connectivity index (χ4v) is 2.69. The molecule has 21 heavy (non-hydrogen) atoms. The van der Waals surface area contributed by atoms with Crippen LogP contribution in [0.1, 0.15) is 5.56 Å². The van der Waals surface area contributed by atoms with Crippen molar-refractivity contribution < 1.29 is 4.79 Å². The molecule has 0 saturated carbocycles. The van der Waals surface area contributed by atoms with E-state index in [0.717, 1.165) is 16.5 Å². The van der Waals surface area contributed by atoms with Crippen molar-refractivity contribution in [1.29, 1.82) is 0 Å². The zero-order chi connectivity index (χ0) is 14.8. The second kappa shape index (κ2) is 5.80. The molecule has 5 heteroatoms. The molecule has 0 fully saturated rings. The van der Waals surface area contributed by atoms with E-state index in [4.69, 9.17) is 23.2 Å².